The number of carboxylic acid groups (broad SMARTS) is 1. The summed E-state index contributed by atoms with van der Waals surface area (Å²) in [6.07, 6.45) is 1.42. The fourth-order valence-corrected chi connectivity index (χ4v) is 3.77. The predicted molar refractivity (Wildman–Crippen MR) is 104 cm³/mol. The van der Waals surface area contributed by atoms with Crippen molar-refractivity contribution in [3.8, 4) is 16.9 Å². The van der Waals surface area contributed by atoms with Gasteiger partial charge in [0.1, 0.15) is 13.3 Å². The number of aromatic nitrogens is 1. The fraction of sp³-hybridized carbons (Fsp3) is 0.238. The van der Waals surface area contributed by atoms with E-state index in [9.17, 15) is 18.0 Å². The molecule has 3 rings (SSSR count). The highest BCUT2D eigenvalue weighted by molar-refractivity contribution is 7.10. The molecule has 0 bridgehead atoms. The van der Waals surface area contributed by atoms with Crippen molar-refractivity contribution in [3.05, 3.63) is 69.2 Å². The molecule has 3 aromatic rings. The van der Waals surface area contributed by atoms with E-state index >= 15 is 0 Å². The Balaban J connectivity index is 1.83. The molecule has 0 aliphatic heterocycles. The van der Waals surface area contributed by atoms with Crippen LogP contribution in [0.3, 0.4) is 0 Å². The summed E-state index contributed by atoms with van der Waals surface area (Å²) >= 11 is 1.20. The lowest BCUT2D eigenvalue weighted by Gasteiger charge is -2.12. The van der Waals surface area contributed by atoms with Gasteiger partial charge in [0, 0.05) is 39.9 Å². The Labute approximate surface area is 169 Å². The number of hydrogen-bond acceptors (Lipinski definition) is 4. The van der Waals surface area contributed by atoms with Gasteiger partial charge in [-0.05, 0) is 42.5 Å². The lowest BCUT2D eigenvalue weighted by Crippen LogP contribution is -2.04. The molecule has 0 unspecified atom stereocenters. The summed E-state index contributed by atoms with van der Waals surface area (Å²) < 4.78 is 47.4. The first kappa shape index (κ1) is 20.9. The van der Waals surface area contributed by atoms with Crippen molar-refractivity contribution < 1.29 is 27.8 Å². The number of nitrogens with zero attached hydrogens (tertiary/aromatic N) is 1. The van der Waals surface area contributed by atoms with Crippen molar-refractivity contribution in [2.75, 3.05) is 0 Å². The van der Waals surface area contributed by atoms with Crippen molar-refractivity contribution in [2.24, 2.45) is 0 Å². The molecule has 29 heavy (non-hydrogen) atoms. The first-order valence-electron chi connectivity index (χ1n) is 8.79. The molecule has 0 amide bonds. The molecule has 0 saturated carbocycles. The standard InChI is InChI=1S/C21H18F3NO3S/c1-12-2-4-14(9-25-12)16-11-29-19(8-22)15(16)10-28-21-17(23)6-13(7-18(21)24)3-5-20(26)27/h2,4,6-7,9,11H,3,5,8,10H2,1H3,(H,26,27). The lowest BCUT2D eigenvalue weighted by atomic mass is 10.0. The second kappa shape index (κ2) is 9.09. The third-order valence-electron chi connectivity index (χ3n) is 4.37. The lowest BCUT2D eigenvalue weighted by molar-refractivity contribution is -0.136. The summed E-state index contributed by atoms with van der Waals surface area (Å²) in [6.45, 7) is 0.913. The van der Waals surface area contributed by atoms with Gasteiger partial charge in [0.05, 0.1) is 0 Å². The Morgan fingerprint density at radius 3 is 2.55 bits per heavy atom. The van der Waals surface area contributed by atoms with Crippen LogP contribution in [0.1, 0.15) is 28.1 Å². The Hall–Kier alpha value is -2.87. The normalized spacial score (nSPS) is 10.9. The Bertz CT molecular complexity index is 996. The number of carboxylic acids is 1. The number of aryl methyl sites for hydroxylation is 2. The number of pyridine rings is 1. The number of thiophene rings is 1. The summed E-state index contributed by atoms with van der Waals surface area (Å²) in [6, 6.07) is 5.77. The van der Waals surface area contributed by atoms with E-state index in [1.54, 1.807) is 11.6 Å². The minimum Gasteiger partial charge on any atom is -0.483 e. The van der Waals surface area contributed by atoms with E-state index in [0.29, 0.717) is 16.0 Å². The number of benzene rings is 1. The zero-order chi connectivity index (χ0) is 21.0. The van der Waals surface area contributed by atoms with Crippen LogP contribution in [-0.4, -0.2) is 16.1 Å². The smallest absolute Gasteiger partial charge is 0.303 e. The van der Waals surface area contributed by atoms with E-state index < -0.39 is 30.0 Å². The van der Waals surface area contributed by atoms with Crippen molar-refractivity contribution >= 4 is 17.3 Å². The molecule has 2 heterocycles. The molecule has 0 aliphatic rings. The largest absolute Gasteiger partial charge is 0.483 e. The number of halogens is 3. The molecule has 1 N–H and O–H groups in total. The summed E-state index contributed by atoms with van der Waals surface area (Å²) in [7, 11) is 0. The third-order valence-corrected chi connectivity index (χ3v) is 5.36. The van der Waals surface area contributed by atoms with E-state index in [0.717, 1.165) is 23.4 Å². The molecule has 0 spiro atoms. The van der Waals surface area contributed by atoms with Crippen LogP contribution in [0.15, 0.2) is 35.8 Å². The Morgan fingerprint density at radius 2 is 1.97 bits per heavy atom. The minimum absolute atomic E-state index is 0.00452. The molecule has 8 heteroatoms. The zero-order valence-electron chi connectivity index (χ0n) is 15.5. The molecule has 4 nitrogen and oxygen atoms in total. The molecule has 1 aromatic carbocycles. The number of rotatable bonds is 8. The van der Waals surface area contributed by atoms with E-state index in [1.807, 2.05) is 19.1 Å². The molecule has 0 aliphatic carbocycles. The van der Waals surface area contributed by atoms with Gasteiger partial charge in [-0.25, -0.2) is 13.2 Å². The quantitative estimate of drug-likeness (QED) is 0.525. The van der Waals surface area contributed by atoms with E-state index in [-0.39, 0.29) is 25.0 Å². The van der Waals surface area contributed by atoms with Crippen molar-refractivity contribution in [1.29, 1.82) is 0 Å². The van der Waals surface area contributed by atoms with Crippen LogP contribution in [0.25, 0.3) is 11.1 Å². The van der Waals surface area contributed by atoms with E-state index in [4.69, 9.17) is 9.84 Å². The Morgan fingerprint density at radius 1 is 1.24 bits per heavy atom. The SMILES string of the molecule is Cc1ccc(-c2csc(CF)c2COc2c(F)cc(CCC(=O)O)cc2F)cn1. The topological polar surface area (TPSA) is 59.4 Å². The molecule has 0 saturated heterocycles. The number of ether oxygens (including phenoxy) is 1. The molecular formula is C21H18F3NO3S. The number of hydrogen-bond donors (Lipinski definition) is 1. The van der Waals surface area contributed by atoms with Crippen molar-refractivity contribution in [2.45, 2.75) is 33.0 Å². The average Bonchev–Trinajstić information content (AvgIpc) is 3.09. The molecular weight excluding hydrogens is 403 g/mol. The van der Waals surface area contributed by atoms with Crippen LogP contribution in [0, 0.1) is 18.6 Å². The monoisotopic (exact) mass is 421 g/mol. The van der Waals surface area contributed by atoms with Gasteiger partial charge in [0.15, 0.2) is 17.4 Å². The molecule has 0 radical (unpaired) electrons. The van der Waals surface area contributed by atoms with E-state index in [2.05, 4.69) is 4.98 Å². The second-order valence-corrected chi connectivity index (χ2v) is 7.41. The highest BCUT2D eigenvalue weighted by Crippen LogP contribution is 2.34. The summed E-state index contributed by atoms with van der Waals surface area (Å²) in [4.78, 5) is 15.3. The maximum atomic E-state index is 14.3. The van der Waals surface area contributed by atoms with E-state index in [1.165, 1.54) is 11.3 Å². The first-order chi connectivity index (χ1) is 13.9. The number of alkyl halides is 1. The number of carbonyl (C=O) groups is 1. The van der Waals surface area contributed by atoms with Crippen LogP contribution in [0.2, 0.25) is 0 Å². The summed E-state index contributed by atoms with van der Waals surface area (Å²) in [5.41, 5.74) is 3.03. The molecule has 0 fully saturated rings. The first-order valence-corrected chi connectivity index (χ1v) is 9.67. The molecule has 152 valence electrons. The molecule has 0 atom stereocenters. The summed E-state index contributed by atoms with van der Waals surface area (Å²) in [5.74, 6) is -3.49. The van der Waals surface area contributed by atoms with Crippen molar-refractivity contribution in [1.82, 2.24) is 4.98 Å². The number of aliphatic carboxylic acids is 1. The fourth-order valence-electron chi connectivity index (χ4n) is 2.85. The van der Waals surface area contributed by atoms with Gasteiger partial charge in [-0.15, -0.1) is 11.3 Å². The van der Waals surface area contributed by atoms with Crippen LogP contribution in [-0.2, 0) is 24.5 Å². The van der Waals surface area contributed by atoms with Crippen LogP contribution in [0.5, 0.6) is 5.75 Å². The van der Waals surface area contributed by atoms with Crippen molar-refractivity contribution in [3.63, 3.8) is 0 Å². The Kier molecular flexibility index (Phi) is 6.53. The predicted octanol–water partition coefficient (Wildman–Crippen LogP) is 5.46. The molecule has 2 aromatic heterocycles. The van der Waals surface area contributed by atoms with Crippen LogP contribution in [0.4, 0.5) is 13.2 Å². The van der Waals surface area contributed by atoms with Gasteiger partial charge in [-0.3, -0.25) is 9.78 Å². The van der Waals surface area contributed by atoms with Gasteiger partial charge in [0.2, 0.25) is 0 Å². The minimum atomic E-state index is -1.06. The highest BCUT2D eigenvalue weighted by Gasteiger charge is 2.18. The van der Waals surface area contributed by atoms with Gasteiger partial charge in [-0.2, -0.15) is 0 Å². The van der Waals surface area contributed by atoms with Gasteiger partial charge in [-0.1, -0.05) is 6.07 Å². The van der Waals surface area contributed by atoms with Gasteiger partial charge in [0.25, 0.3) is 0 Å². The summed E-state index contributed by atoms with van der Waals surface area (Å²) in [5, 5.41) is 10.5. The third kappa shape index (κ3) is 4.95. The maximum absolute atomic E-state index is 14.3. The van der Waals surface area contributed by atoms with Gasteiger partial charge >= 0.3 is 5.97 Å². The average molecular weight is 421 g/mol. The second-order valence-electron chi connectivity index (χ2n) is 6.44. The maximum Gasteiger partial charge on any atom is 0.303 e. The zero-order valence-corrected chi connectivity index (χ0v) is 16.4. The van der Waals surface area contributed by atoms with Gasteiger partial charge < -0.3 is 9.84 Å². The van der Waals surface area contributed by atoms with Crippen LogP contribution < -0.4 is 4.74 Å². The van der Waals surface area contributed by atoms with Crippen LogP contribution >= 0.6 is 11.3 Å². The highest BCUT2D eigenvalue weighted by atomic mass is 32.1.